The van der Waals surface area contributed by atoms with Crippen LogP contribution in [0.1, 0.15) is 6.92 Å². The van der Waals surface area contributed by atoms with E-state index in [-0.39, 0.29) is 0 Å². The Morgan fingerprint density at radius 3 is 2.90 bits per heavy atom. The molecule has 0 aliphatic rings. The van der Waals surface area contributed by atoms with Crippen LogP contribution in [0.25, 0.3) is 22.6 Å². The SMILES string of the molecule is CCOc1ccc2[nH]c(-c3cc(Br)ccc3I)nc2n1. The molecule has 102 valence electrons. The standard InChI is InChI=1S/C14H11BrIN3O/c1-2-20-12-6-5-11-14(18-12)19-13(17-11)9-7-8(15)3-4-10(9)16/h3-7H,2H2,1H3,(H,17,18,19). The molecule has 3 aromatic rings. The molecular weight excluding hydrogens is 433 g/mol. The van der Waals surface area contributed by atoms with E-state index in [9.17, 15) is 0 Å². The van der Waals surface area contributed by atoms with E-state index in [2.05, 4.69) is 53.5 Å². The summed E-state index contributed by atoms with van der Waals surface area (Å²) in [5.41, 5.74) is 2.62. The monoisotopic (exact) mass is 443 g/mol. The number of ether oxygens (including phenoxy) is 1. The van der Waals surface area contributed by atoms with Gasteiger partial charge in [-0.25, -0.2) is 4.98 Å². The van der Waals surface area contributed by atoms with Crippen molar-refractivity contribution in [2.24, 2.45) is 0 Å². The molecule has 0 amide bonds. The van der Waals surface area contributed by atoms with E-state index in [1.165, 1.54) is 0 Å². The molecule has 0 bridgehead atoms. The van der Waals surface area contributed by atoms with Crippen LogP contribution in [0.3, 0.4) is 0 Å². The lowest BCUT2D eigenvalue weighted by molar-refractivity contribution is 0.328. The van der Waals surface area contributed by atoms with E-state index in [1.807, 2.05) is 37.3 Å². The van der Waals surface area contributed by atoms with Crippen molar-refractivity contribution >= 4 is 49.7 Å². The molecule has 6 heteroatoms. The van der Waals surface area contributed by atoms with Gasteiger partial charge >= 0.3 is 0 Å². The van der Waals surface area contributed by atoms with Gasteiger partial charge in [0.1, 0.15) is 5.82 Å². The van der Waals surface area contributed by atoms with Crippen molar-refractivity contribution in [3.05, 3.63) is 38.4 Å². The number of halogens is 2. The number of H-pyrrole nitrogens is 1. The molecule has 0 spiro atoms. The predicted molar refractivity (Wildman–Crippen MR) is 90.9 cm³/mol. The maximum absolute atomic E-state index is 5.40. The lowest BCUT2D eigenvalue weighted by atomic mass is 10.2. The summed E-state index contributed by atoms with van der Waals surface area (Å²) in [6.45, 7) is 2.53. The Labute approximate surface area is 138 Å². The Morgan fingerprint density at radius 2 is 2.10 bits per heavy atom. The lowest BCUT2D eigenvalue weighted by Gasteiger charge is -2.01. The average molecular weight is 444 g/mol. The zero-order valence-electron chi connectivity index (χ0n) is 10.7. The van der Waals surface area contributed by atoms with Crippen molar-refractivity contribution in [2.75, 3.05) is 6.61 Å². The molecule has 2 heterocycles. The van der Waals surface area contributed by atoms with Crippen molar-refractivity contribution in [2.45, 2.75) is 6.92 Å². The molecule has 4 nitrogen and oxygen atoms in total. The van der Waals surface area contributed by atoms with Crippen LogP contribution < -0.4 is 4.74 Å². The third-order valence-corrected chi connectivity index (χ3v) is 4.23. The molecule has 1 aromatic carbocycles. The van der Waals surface area contributed by atoms with Crippen molar-refractivity contribution < 1.29 is 4.74 Å². The predicted octanol–water partition coefficient (Wildman–Crippen LogP) is 4.39. The summed E-state index contributed by atoms with van der Waals surface area (Å²) >= 11 is 5.79. The summed E-state index contributed by atoms with van der Waals surface area (Å²) in [6, 6.07) is 9.89. The molecule has 0 fully saturated rings. The average Bonchev–Trinajstić information content (AvgIpc) is 2.85. The van der Waals surface area contributed by atoms with E-state index in [0.29, 0.717) is 18.1 Å². The Bertz CT molecular complexity index is 772. The topological polar surface area (TPSA) is 50.8 Å². The van der Waals surface area contributed by atoms with Crippen LogP contribution in [0.15, 0.2) is 34.8 Å². The fourth-order valence-electron chi connectivity index (χ4n) is 1.91. The van der Waals surface area contributed by atoms with Gasteiger partial charge in [0.15, 0.2) is 5.65 Å². The molecule has 0 saturated carbocycles. The van der Waals surface area contributed by atoms with Crippen LogP contribution in [-0.4, -0.2) is 21.6 Å². The van der Waals surface area contributed by atoms with Gasteiger partial charge in [-0.1, -0.05) is 15.9 Å². The molecule has 1 N–H and O–H groups in total. The summed E-state index contributed by atoms with van der Waals surface area (Å²) in [6.07, 6.45) is 0. The summed E-state index contributed by atoms with van der Waals surface area (Å²) in [7, 11) is 0. The number of nitrogens with zero attached hydrogens (tertiary/aromatic N) is 2. The second-order valence-corrected chi connectivity index (χ2v) is 6.24. The highest BCUT2D eigenvalue weighted by molar-refractivity contribution is 14.1. The van der Waals surface area contributed by atoms with Crippen LogP contribution >= 0.6 is 38.5 Å². The van der Waals surface area contributed by atoms with Gasteiger partial charge in [0.25, 0.3) is 0 Å². The number of aromatic amines is 1. The molecule has 0 radical (unpaired) electrons. The fraction of sp³-hybridized carbons (Fsp3) is 0.143. The van der Waals surface area contributed by atoms with Crippen LogP contribution in [0.5, 0.6) is 5.88 Å². The fourth-order valence-corrected chi connectivity index (χ4v) is 2.86. The minimum Gasteiger partial charge on any atom is -0.478 e. The molecule has 0 aliphatic heterocycles. The number of nitrogens with one attached hydrogen (secondary N) is 1. The summed E-state index contributed by atoms with van der Waals surface area (Å²) in [5, 5.41) is 0. The number of hydrogen-bond donors (Lipinski definition) is 1. The number of imidazole rings is 1. The largest absolute Gasteiger partial charge is 0.478 e. The highest BCUT2D eigenvalue weighted by Crippen LogP contribution is 2.28. The maximum Gasteiger partial charge on any atom is 0.215 e. The van der Waals surface area contributed by atoms with Gasteiger partial charge in [0.05, 0.1) is 12.1 Å². The van der Waals surface area contributed by atoms with E-state index >= 15 is 0 Å². The van der Waals surface area contributed by atoms with Crippen molar-refractivity contribution in [1.29, 1.82) is 0 Å². The molecule has 0 saturated heterocycles. The maximum atomic E-state index is 5.40. The zero-order chi connectivity index (χ0) is 14.1. The highest BCUT2D eigenvalue weighted by atomic mass is 127. The second-order valence-electron chi connectivity index (χ2n) is 4.16. The van der Waals surface area contributed by atoms with E-state index in [4.69, 9.17) is 4.74 Å². The number of hydrogen-bond acceptors (Lipinski definition) is 3. The first-order valence-electron chi connectivity index (χ1n) is 6.12. The summed E-state index contributed by atoms with van der Waals surface area (Å²) < 4.78 is 7.56. The summed E-state index contributed by atoms with van der Waals surface area (Å²) in [5.74, 6) is 1.41. The molecule has 0 unspecified atom stereocenters. The smallest absolute Gasteiger partial charge is 0.215 e. The van der Waals surface area contributed by atoms with Crippen molar-refractivity contribution in [3.63, 3.8) is 0 Å². The Morgan fingerprint density at radius 1 is 1.25 bits per heavy atom. The Kier molecular flexibility index (Phi) is 3.93. The quantitative estimate of drug-likeness (QED) is 0.610. The molecule has 2 aromatic heterocycles. The number of rotatable bonds is 3. The van der Waals surface area contributed by atoms with Crippen LogP contribution in [0.4, 0.5) is 0 Å². The van der Waals surface area contributed by atoms with Crippen molar-refractivity contribution in [3.8, 4) is 17.3 Å². The number of fused-ring (bicyclic) bond motifs is 1. The lowest BCUT2D eigenvalue weighted by Crippen LogP contribution is -1.93. The number of pyridine rings is 1. The van der Waals surface area contributed by atoms with Crippen molar-refractivity contribution in [1.82, 2.24) is 15.0 Å². The zero-order valence-corrected chi connectivity index (χ0v) is 14.4. The van der Waals surface area contributed by atoms with Gasteiger partial charge < -0.3 is 9.72 Å². The highest BCUT2D eigenvalue weighted by Gasteiger charge is 2.10. The normalized spacial score (nSPS) is 10.9. The number of benzene rings is 1. The van der Waals surface area contributed by atoms with Gasteiger partial charge in [0.2, 0.25) is 5.88 Å². The molecule has 0 atom stereocenters. The molecule has 20 heavy (non-hydrogen) atoms. The van der Waals surface area contributed by atoms with E-state index in [0.717, 1.165) is 24.9 Å². The van der Waals surface area contributed by atoms with Crippen LogP contribution in [-0.2, 0) is 0 Å². The third kappa shape index (κ3) is 2.67. The van der Waals surface area contributed by atoms with Crippen LogP contribution in [0, 0.1) is 3.57 Å². The van der Waals surface area contributed by atoms with Gasteiger partial charge in [-0.3, -0.25) is 0 Å². The Hall–Kier alpha value is -1.15. The van der Waals surface area contributed by atoms with Gasteiger partial charge in [-0.2, -0.15) is 4.98 Å². The van der Waals surface area contributed by atoms with Gasteiger partial charge in [0, 0.05) is 19.7 Å². The minimum absolute atomic E-state index is 0.597. The van der Waals surface area contributed by atoms with Crippen LogP contribution in [0.2, 0.25) is 0 Å². The van der Waals surface area contributed by atoms with E-state index < -0.39 is 0 Å². The first-order valence-corrected chi connectivity index (χ1v) is 7.99. The van der Waals surface area contributed by atoms with E-state index in [1.54, 1.807) is 0 Å². The second kappa shape index (κ2) is 5.69. The molecule has 0 aliphatic carbocycles. The minimum atomic E-state index is 0.597. The Balaban J connectivity index is 2.10. The van der Waals surface area contributed by atoms with Gasteiger partial charge in [-0.15, -0.1) is 0 Å². The molecule has 3 rings (SSSR count). The summed E-state index contributed by atoms with van der Waals surface area (Å²) in [4.78, 5) is 12.2. The first kappa shape index (κ1) is 13.8. The third-order valence-electron chi connectivity index (χ3n) is 2.80. The number of aromatic nitrogens is 3. The molecular formula is C14H11BrIN3O. The first-order chi connectivity index (χ1) is 9.67. The van der Waals surface area contributed by atoms with Gasteiger partial charge in [-0.05, 0) is 53.8 Å².